The van der Waals surface area contributed by atoms with E-state index in [-0.39, 0.29) is 17.8 Å². The number of nitrogens with one attached hydrogen (secondary N) is 1. The molecule has 2 atom stereocenters. The topological polar surface area (TPSA) is 187 Å². The summed E-state index contributed by atoms with van der Waals surface area (Å²) in [7, 11) is -4.62. The molecule has 2 unspecified atom stereocenters. The van der Waals surface area contributed by atoms with Gasteiger partial charge in [-0.15, -0.1) is 0 Å². The third-order valence-corrected chi connectivity index (χ3v) is 7.10. The van der Waals surface area contributed by atoms with E-state index in [9.17, 15) is 9.36 Å². The second kappa shape index (κ2) is 11.0. The Morgan fingerprint density at radius 3 is 2.65 bits per heavy atom. The van der Waals surface area contributed by atoms with Crippen LogP contribution in [-0.2, 0) is 9.09 Å². The second-order valence-corrected chi connectivity index (χ2v) is 11.6. The van der Waals surface area contributed by atoms with Gasteiger partial charge in [-0.3, -0.25) is 9.32 Å². The highest BCUT2D eigenvalue weighted by atomic mass is 32.2. The number of hydrogen-bond acceptors (Lipinski definition) is 10. The number of benzene rings is 1. The zero-order chi connectivity index (χ0) is 25.0. The number of nitrogens with zero attached hydrogens (tertiary/aromatic N) is 3. The number of amides is 1. The van der Waals surface area contributed by atoms with Crippen LogP contribution >= 0.6 is 30.9 Å². The molecule has 7 N–H and O–H groups in total. The molecule has 0 fully saturated rings. The van der Waals surface area contributed by atoms with Crippen molar-refractivity contribution in [2.45, 2.75) is 43.6 Å². The van der Waals surface area contributed by atoms with E-state index < -0.39 is 19.8 Å². The SMILES string of the molecule is CC(C)CC(COP(=O)(O)O)Nc1nc(SC(C)c2cccc(C(N)=O)c2)nc2nc(N)sc12. The number of phosphoric acid groups is 1. The summed E-state index contributed by atoms with van der Waals surface area (Å²) in [6, 6.07) is 6.62. The first-order valence-electron chi connectivity index (χ1n) is 10.4. The van der Waals surface area contributed by atoms with Crippen molar-refractivity contribution < 1.29 is 23.7 Å². The molecule has 14 heteroatoms. The number of carbonyl (C=O) groups excluding carboxylic acids is 1. The van der Waals surface area contributed by atoms with Crippen LogP contribution in [0.15, 0.2) is 29.4 Å². The minimum atomic E-state index is -4.62. The van der Waals surface area contributed by atoms with Crippen LogP contribution in [0.1, 0.15) is 48.4 Å². The maximum absolute atomic E-state index is 11.5. The lowest BCUT2D eigenvalue weighted by molar-refractivity contribution is 0.1000. The van der Waals surface area contributed by atoms with Gasteiger partial charge in [0.05, 0.1) is 12.6 Å². The Morgan fingerprint density at radius 2 is 2.00 bits per heavy atom. The molecular weight excluding hydrogens is 499 g/mol. The van der Waals surface area contributed by atoms with Crippen molar-refractivity contribution in [3.8, 4) is 0 Å². The van der Waals surface area contributed by atoms with Gasteiger partial charge in [0.25, 0.3) is 0 Å². The van der Waals surface area contributed by atoms with Crippen molar-refractivity contribution >= 4 is 58.1 Å². The van der Waals surface area contributed by atoms with Crippen LogP contribution in [0.25, 0.3) is 10.3 Å². The van der Waals surface area contributed by atoms with Gasteiger partial charge in [-0.05, 0) is 37.0 Å². The van der Waals surface area contributed by atoms with Crippen LogP contribution in [0.5, 0.6) is 0 Å². The van der Waals surface area contributed by atoms with Crippen molar-refractivity contribution in [1.29, 1.82) is 0 Å². The third-order valence-electron chi connectivity index (χ3n) is 4.71. The number of hydrogen-bond donors (Lipinski definition) is 5. The molecular formula is C20H27N6O5PS2. The van der Waals surface area contributed by atoms with E-state index in [1.165, 1.54) is 23.1 Å². The van der Waals surface area contributed by atoms with Crippen molar-refractivity contribution in [3.05, 3.63) is 35.4 Å². The Hall–Kier alpha value is -2.28. The van der Waals surface area contributed by atoms with Crippen molar-refractivity contribution in [2.24, 2.45) is 11.7 Å². The largest absolute Gasteiger partial charge is 0.469 e. The molecule has 0 radical (unpaired) electrons. The Labute approximate surface area is 205 Å². The second-order valence-electron chi connectivity index (χ2n) is 8.07. The van der Waals surface area contributed by atoms with E-state index in [2.05, 4.69) is 20.3 Å². The number of rotatable bonds is 11. The van der Waals surface area contributed by atoms with E-state index in [4.69, 9.17) is 25.8 Å². The fourth-order valence-corrected chi connectivity index (χ4v) is 5.24. The van der Waals surface area contributed by atoms with Crippen LogP contribution in [0.3, 0.4) is 0 Å². The molecule has 34 heavy (non-hydrogen) atoms. The van der Waals surface area contributed by atoms with E-state index in [0.29, 0.717) is 38.4 Å². The van der Waals surface area contributed by atoms with Gasteiger partial charge in [0.2, 0.25) is 5.91 Å². The summed E-state index contributed by atoms with van der Waals surface area (Å²) in [5.41, 5.74) is 13.0. The number of nitrogens with two attached hydrogens (primary N) is 2. The first kappa shape index (κ1) is 26.3. The summed E-state index contributed by atoms with van der Waals surface area (Å²) < 4.78 is 16.6. The van der Waals surface area contributed by atoms with Gasteiger partial charge in [0.1, 0.15) is 4.70 Å². The Morgan fingerprint density at radius 1 is 1.26 bits per heavy atom. The molecule has 0 aliphatic rings. The number of thioether (sulfide) groups is 1. The molecule has 1 aromatic carbocycles. The average Bonchev–Trinajstić information content (AvgIpc) is 3.11. The molecule has 0 spiro atoms. The zero-order valence-electron chi connectivity index (χ0n) is 18.8. The van der Waals surface area contributed by atoms with Crippen LogP contribution in [0.2, 0.25) is 0 Å². The molecule has 0 aliphatic carbocycles. The zero-order valence-corrected chi connectivity index (χ0v) is 21.4. The lowest BCUT2D eigenvalue weighted by Crippen LogP contribution is -2.27. The minimum Gasteiger partial charge on any atom is -0.375 e. The van der Waals surface area contributed by atoms with E-state index in [0.717, 1.165) is 5.56 Å². The first-order valence-corrected chi connectivity index (χ1v) is 13.6. The Kier molecular flexibility index (Phi) is 8.50. The fourth-order valence-electron chi connectivity index (χ4n) is 3.26. The highest BCUT2D eigenvalue weighted by Gasteiger charge is 2.22. The summed E-state index contributed by atoms with van der Waals surface area (Å²) in [5, 5.41) is 3.88. The fraction of sp³-hybridized carbons (Fsp3) is 0.400. The Bertz CT molecular complexity index is 1220. The van der Waals surface area contributed by atoms with E-state index >= 15 is 0 Å². The first-order chi connectivity index (χ1) is 15.9. The van der Waals surface area contributed by atoms with Gasteiger partial charge in [0.15, 0.2) is 21.8 Å². The van der Waals surface area contributed by atoms with Crippen LogP contribution in [0.4, 0.5) is 10.9 Å². The predicted octanol–water partition coefficient (Wildman–Crippen LogP) is 3.56. The Balaban J connectivity index is 1.90. The lowest BCUT2D eigenvalue weighted by atomic mass is 10.0. The minimum absolute atomic E-state index is 0.106. The number of thiazole rings is 1. The smallest absolute Gasteiger partial charge is 0.375 e. The molecule has 0 bridgehead atoms. The number of fused-ring (bicyclic) bond motifs is 1. The molecule has 3 aromatic rings. The number of phosphoric ester groups is 1. The molecule has 2 aromatic heterocycles. The number of anilines is 2. The molecule has 2 heterocycles. The summed E-state index contributed by atoms with van der Waals surface area (Å²) >= 11 is 2.58. The summed E-state index contributed by atoms with van der Waals surface area (Å²) in [5.74, 6) is 0.183. The van der Waals surface area contributed by atoms with Crippen molar-refractivity contribution in [3.63, 3.8) is 0 Å². The van der Waals surface area contributed by atoms with Gasteiger partial charge < -0.3 is 26.6 Å². The monoisotopic (exact) mass is 526 g/mol. The standard InChI is InChI=1S/C20H27N6O5PS2/c1-10(2)7-14(9-31-32(28,29)30)23-17-15-18(24-19(22)34-15)26-20(25-17)33-11(3)12-5-4-6-13(8-12)16(21)27/h4-6,8,10-11,14H,7,9H2,1-3H3,(H2,21,27)(H2,28,29,30)(H3,22,23,24,25,26). The highest BCUT2D eigenvalue weighted by Crippen LogP contribution is 2.38. The summed E-state index contributed by atoms with van der Waals surface area (Å²) in [6.07, 6.45) is 0.582. The summed E-state index contributed by atoms with van der Waals surface area (Å²) in [6.45, 7) is 5.74. The normalized spacial score (nSPS) is 13.8. The maximum Gasteiger partial charge on any atom is 0.469 e. The number of aromatic nitrogens is 3. The lowest BCUT2D eigenvalue weighted by Gasteiger charge is -2.22. The van der Waals surface area contributed by atoms with Gasteiger partial charge in [-0.25, -0.2) is 19.5 Å². The van der Waals surface area contributed by atoms with Gasteiger partial charge >= 0.3 is 7.82 Å². The molecule has 184 valence electrons. The molecule has 3 rings (SSSR count). The molecule has 0 saturated carbocycles. The van der Waals surface area contributed by atoms with Crippen molar-refractivity contribution in [2.75, 3.05) is 17.7 Å². The maximum atomic E-state index is 11.5. The third kappa shape index (κ3) is 7.36. The van der Waals surface area contributed by atoms with Crippen LogP contribution in [-0.4, -0.2) is 43.3 Å². The number of carbonyl (C=O) groups is 1. The molecule has 1 amide bonds. The van der Waals surface area contributed by atoms with Crippen molar-refractivity contribution in [1.82, 2.24) is 15.0 Å². The molecule has 0 aliphatic heterocycles. The highest BCUT2D eigenvalue weighted by molar-refractivity contribution is 7.99. The van der Waals surface area contributed by atoms with E-state index in [1.54, 1.807) is 18.2 Å². The number of primary amides is 1. The molecule has 11 nitrogen and oxygen atoms in total. The predicted molar refractivity (Wildman–Crippen MR) is 134 cm³/mol. The van der Waals surface area contributed by atoms with Gasteiger partial charge in [0, 0.05) is 10.8 Å². The quantitative estimate of drug-likeness (QED) is 0.140. The molecule has 0 saturated heterocycles. The van der Waals surface area contributed by atoms with Crippen LogP contribution < -0.4 is 16.8 Å². The summed E-state index contributed by atoms with van der Waals surface area (Å²) in [4.78, 5) is 43.2. The van der Waals surface area contributed by atoms with Gasteiger partial charge in [-0.2, -0.15) is 0 Å². The van der Waals surface area contributed by atoms with Crippen LogP contribution in [0, 0.1) is 5.92 Å². The van der Waals surface area contributed by atoms with E-state index in [1.807, 2.05) is 26.8 Å². The van der Waals surface area contributed by atoms with Gasteiger partial charge in [-0.1, -0.05) is 49.1 Å². The number of nitrogen functional groups attached to an aromatic ring is 1. The average molecular weight is 527 g/mol.